The molecular formula is C14H14BrNO2S. The number of para-hydroxylation sites is 1. The molecule has 2 rings (SSSR count). The van der Waals surface area contributed by atoms with Crippen LogP contribution in [0.3, 0.4) is 0 Å². The summed E-state index contributed by atoms with van der Waals surface area (Å²) in [6, 6.07) is 9.65. The molecule has 0 unspecified atom stereocenters. The van der Waals surface area contributed by atoms with Gasteiger partial charge in [0.15, 0.2) is 0 Å². The normalized spacial score (nSPS) is 10.4. The molecule has 0 bridgehead atoms. The van der Waals surface area contributed by atoms with Crippen LogP contribution in [0.25, 0.3) is 0 Å². The molecule has 0 aliphatic heterocycles. The third-order valence-electron chi connectivity index (χ3n) is 2.66. The summed E-state index contributed by atoms with van der Waals surface area (Å²) in [7, 11) is 1.67. The Balaban J connectivity index is 2.15. The minimum Gasteiger partial charge on any atom is -0.384 e. The second-order valence-electron chi connectivity index (χ2n) is 3.95. The fourth-order valence-electron chi connectivity index (χ4n) is 1.71. The summed E-state index contributed by atoms with van der Waals surface area (Å²) >= 11 is 4.79. The number of hydrogen-bond donors (Lipinski definition) is 1. The molecule has 3 nitrogen and oxygen atoms in total. The maximum Gasteiger partial charge on any atom is 0.266 e. The van der Waals surface area contributed by atoms with Gasteiger partial charge in [0.2, 0.25) is 0 Å². The van der Waals surface area contributed by atoms with Crippen molar-refractivity contribution in [3.63, 3.8) is 0 Å². The first-order chi connectivity index (χ1) is 9.22. The van der Waals surface area contributed by atoms with Gasteiger partial charge in [0.1, 0.15) is 4.88 Å². The Hall–Kier alpha value is -1.17. The SMILES string of the molecule is COCCc1ccccc1NC(=O)c1sccc1Br. The van der Waals surface area contributed by atoms with E-state index in [9.17, 15) is 4.79 Å². The number of amides is 1. The first kappa shape index (κ1) is 14.2. The average molecular weight is 340 g/mol. The molecule has 2 aromatic rings. The zero-order valence-corrected chi connectivity index (χ0v) is 12.9. The highest BCUT2D eigenvalue weighted by Gasteiger charge is 2.13. The van der Waals surface area contributed by atoms with E-state index in [1.807, 2.05) is 35.7 Å². The molecule has 0 saturated carbocycles. The molecule has 0 aliphatic carbocycles. The predicted octanol–water partition coefficient (Wildman–Crippen LogP) is 3.95. The average Bonchev–Trinajstić information content (AvgIpc) is 2.84. The lowest BCUT2D eigenvalue weighted by Crippen LogP contribution is -2.12. The van der Waals surface area contributed by atoms with Crippen LogP contribution in [0.1, 0.15) is 15.2 Å². The van der Waals surface area contributed by atoms with Crippen LogP contribution in [0.4, 0.5) is 5.69 Å². The molecule has 0 fully saturated rings. The van der Waals surface area contributed by atoms with E-state index in [4.69, 9.17) is 4.74 Å². The zero-order valence-electron chi connectivity index (χ0n) is 10.5. The van der Waals surface area contributed by atoms with Crippen LogP contribution < -0.4 is 5.32 Å². The van der Waals surface area contributed by atoms with Gasteiger partial charge >= 0.3 is 0 Å². The van der Waals surface area contributed by atoms with E-state index < -0.39 is 0 Å². The molecule has 0 saturated heterocycles. The molecule has 1 amide bonds. The van der Waals surface area contributed by atoms with E-state index in [-0.39, 0.29) is 5.91 Å². The van der Waals surface area contributed by atoms with Crippen LogP contribution in [0.15, 0.2) is 40.2 Å². The third-order valence-corrected chi connectivity index (χ3v) is 4.50. The second kappa shape index (κ2) is 6.84. The number of halogens is 1. The third kappa shape index (κ3) is 3.65. The summed E-state index contributed by atoms with van der Waals surface area (Å²) in [4.78, 5) is 12.8. The monoisotopic (exact) mass is 339 g/mol. The quantitative estimate of drug-likeness (QED) is 0.895. The lowest BCUT2D eigenvalue weighted by atomic mass is 10.1. The summed E-state index contributed by atoms with van der Waals surface area (Å²) < 4.78 is 5.90. The first-order valence-corrected chi connectivity index (χ1v) is 7.51. The van der Waals surface area contributed by atoms with Crippen molar-refractivity contribution in [1.29, 1.82) is 0 Å². The summed E-state index contributed by atoms with van der Waals surface area (Å²) in [5, 5.41) is 4.83. The molecule has 1 aromatic heterocycles. The van der Waals surface area contributed by atoms with Gasteiger partial charge in [-0.15, -0.1) is 11.3 Å². The second-order valence-corrected chi connectivity index (χ2v) is 5.72. The largest absolute Gasteiger partial charge is 0.384 e. The van der Waals surface area contributed by atoms with Crippen molar-refractivity contribution in [2.75, 3.05) is 19.0 Å². The van der Waals surface area contributed by atoms with Gasteiger partial charge in [-0.1, -0.05) is 18.2 Å². The molecule has 1 N–H and O–H groups in total. The summed E-state index contributed by atoms with van der Waals surface area (Å²) in [5.74, 6) is -0.0910. The molecule has 1 heterocycles. The lowest BCUT2D eigenvalue weighted by molar-refractivity contribution is 0.102. The molecule has 19 heavy (non-hydrogen) atoms. The van der Waals surface area contributed by atoms with E-state index in [1.165, 1.54) is 11.3 Å². The molecule has 100 valence electrons. The van der Waals surface area contributed by atoms with Gasteiger partial charge in [-0.05, 0) is 45.4 Å². The number of hydrogen-bond acceptors (Lipinski definition) is 3. The van der Waals surface area contributed by atoms with Gasteiger partial charge in [-0.25, -0.2) is 0 Å². The number of methoxy groups -OCH3 is 1. The standard InChI is InChI=1S/C14H14BrNO2S/c1-18-8-6-10-4-2-3-5-12(10)16-14(17)13-11(15)7-9-19-13/h2-5,7,9H,6,8H2,1H3,(H,16,17). The highest BCUT2D eigenvalue weighted by atomic mass is 79.9. The Kier molecular flexibility index (Phi) is 5.13. The number of thiophene rings is 1. The fourth-order valence-corrected chi connectivity index (χ4v) is 3.15. The molecule has 0 aliphatic rings. The van der Waals surface area contributed by atoms with Crippen molar-refractivity contribution in [3.05, 3.63) is 50.6 Å². The Morgan fingerprint density at radius 2 is 2.16 bits per heavy atom. The Bertz CT molecular complexity index is 568. The van der Waals surface area contributed by atoms with Gasteiger partial charge in [0.25, 0.3) is 5.91 Å². The summed E-state index contributed by atoms with van der Waals surface area (Å²) in [6.45, 7) is 0.635. The zero-order chi connectivity index (χ0) is 13.7. The fraction of sp³-hybridized carbons (Fsp3) is 0.214. The number of rotatable bonds is 5. The highest BCUT2D eigenvalue weighted by molar-refractivity contribution is 9.10. The molecule has 5 heteroatoms. The smallest absolute Gasteiger partial charge is 0.266 e. The van der Waals surface area contributed by atoms with E-state index in [0.29, 0.717) is 11.5 Å². The van der Waals surface area contributed by atoms with E-state index in [0.717, 1.165) is 22.1 Å². The molecular weight excluding hydrogens is 326 g/mol. The van der Waals surface area contributed by atoms with Crippen LogP contribution in [0.2, 0.25) is 0 Å². The van der Waals surface area contributed by atoms with Gasteiger partial charge in [-0.3, -0.25) is 4.79 Å². The van der Waals surface area contributed by atoms with E-state index >= 15 is 0 Å². The number of carbonyl (C=O) groups excluding carboxylic acids is 1. The van der Waals surface area contributed by atoms with Crippen LogP contribution in [0, 0.1) is 0 Å². The molecule has 0 radical (unpaired) electrons. The summed E-state index contributed by atoms with van der Waals surface area (Å²) in [5.41, 5.74) is 1.91. The van der Waals surface area contributed by atoms with E-state index in [2.05, 4.69) is 21.2 Å². The van der Waals surface area contributed by atoms with Crippen molar-refractivity contribution in [2.24, 2.45) is 0 Å². The van der Waals surface area contributed by atoms with Crippen LogP contribution in [-0.2, 0) is 11.2 Å². The highest BCUT2D eigenvalue weighted by Crippen LogP contribution is 2.24. The summed E-state index contributed by atoms with van der Waals surface area (Å²) in [6.07, 6.45) is 0.776. The predicted molar refractivity (Wildman–Crippen MR) is 82.0 cm³/mol. The number of carbonyl (C=O) groups is 1. The Labute approximate surface area is 124 Å². The van der Waals surface area contributed by atoms with Crippen molar-refractivity contribution >= 4 is 38.9 Å². The van der Waals surface area contributed by atoms with Crippen LogP contribution in [-0.4, -0.2) is 19.6 Å². The van der Waals surface area contributed by atoms with Gasteiger partial charge in [-0.2, -0.15) is 0 Å². The van der Waals surface area contributed by atoms with Gasteiger partial charge < -0.3 is 10.1 Å². The van der Waals surface area contributed by atoms with Crippen molar-refractivity contribution in [2.45, 2.75) is 6.42 Å². The Morgan fingerprint density at radius 1 is 1.37 bits per heavy atom. The van der Waals surface area contributed by atoms with Crippen molar-refractivity contribution < 1.29 is 9.53 Å². The number of ether oxygens (including phenoxy) is 1. The van der Waals surface area contributed by atoms with Gasteiger partial charge in [0.05, 0.1) is 6.61 Å². The number of nitrogens with one attached hydrogen (secondary N) is 1. The van der Waals surface area contributed by atoms with Crippen molar-refractivity contribution in [3.8, 4) is 0 Å². The first-order valence-electron chi connectivity index (χ1n) is 5.83. The van der Waals surface area contributed by atoms with Crippen LogP contribution >= 0.6 is 27.3 Å². The van der Waals surface area contributed by atoms with Crippen molar-refractivity contribution in [1.82, 2.24) is 0 Å². The molecule has 0 spiro atoms. The number of anilines is 1. The maximum absolute atomic E-state index is 12.2. The maximum atomic E-state index is 12.2. The number of benzene rings is 1. The Morgan fingerprint density at radius 3 is 2.84 bits per heavy atom. The van der Waals surface area contributed by atoms with E-state index in [1.54, 1.807) is 7.11 Å². The minimum absolute atomic E-state index is 0.0910. The topological polar surface area (TPSA) is 38.3 Å². The van der Waals surface area contributed by atoms with Gasteiger partial charge in [0, 0.05) is 17.3 Å². The molecule has 1 aromatic carbocycles. The lowest BCUT2D eigenvalue weighted by Gasteiger charge is -2.10. The molecule has 0 atom stereocenters. The van der Waals surface area contributed by atoms with Crippen LogP contribution in [0.5, 0.6) is 0 Å². The minimum atomic E-state index is -0.0910.